The zero-order valence-corrected chi connectivity index (χ0v) is 17.5. The van der Waals surface area contributed by atoms with Gasteiger partial charge >= 0.3 is 0 Å². The van der Waals surface area contributed by atoms with E-state index in [1.165, 1.54) is 58.9 Å². The Labute approximate surface area is 177 Å². The molecule has 160 valence electrons. The average Bonchev–Trinajstić information content (AvgIpc) is 2.67. The van der Waals surface area contributed by atoms with Crippen molar-refractivity contribution < 1.29 is 19.0 Å². The Kier molecular flexibility index (Phi) is 6.84. The van der Waals surface area contributed by atoms with E-state index in [9.17, 15) is 23.9 Å². The molecule has 1 N–H and O–H groups in total. The maximum absolute atomic E-state index is 13.1. The largest absolute Gasteiger partial charge is 0.503 e. The second-order valence-electron chi connectivity index (χ2n) is 7.48. The first-order valence-electron chi connectivity index (χ1n) is 8.91. The van der Waals surface area contributed by atoms with E-state index in [-0.39, 0.29) is 36.6 Å². The second-order valence-corrected chi connectivity index (χ2v) is 7.48. The van der Waals surface area contributed by atoms with Crippen molar-refractivity contribution in [1.82, 2.24) is 8.97 Å². The SMILES string of the molecule is COCC(C)(C)C(=O)c1cn2ccn(Cc3ccc(F)cc3)c(=O)c2c(O)c1=O.Cl. The summed E-state index contributed by atoms with van der Waals surface area (Å²) in [5, 5.41) is 10.4. The van der Waals surface area contributed by atoms with Crippen LogP contribution in [0.5, 0.6) is 5.75 Å². The van der Waals surface area contributed by atoms with Crippen molar-refractivity contribution in [2.75, 3.05) is 13.7 Å². The maximum Gasteiger partial charge on any atom is 0.279 e. The van der Waals surface area contributed by atoms with E-state index in [1.54, 1.807) is 13.8 Å². The number of halogens is 2. The average molecular weight is 437 g/mol. The summed E-state index contributed by atoms with van der Waals surface area (Å²) in [5.74, 6) is -1.68. The number of aromatic nitrogens is 2. The summed E-state index contributed by atoms with van der Waals surface area (Å²) in [5.41, 5.74) is -2.28. The van der Waals surface area contributed by atoms with Crippen LogP contribution < -0.4 is 11.0 Å². The van der Waals surface area contributed by atoms with Crippen molar-refractivity contribution in [2.45, 2.75) is 20.4 Å². The van der Waals surface area contributed by atoms with E-state index in [0.717, 1.165) is 0 Å². The number of rotatable bonds is 6. The fourth-order valence-electron chi connectivity index (χ4n) is 3.17. The van der Waals surface area contributed by atoms with E-state index in [4.69, 9.17) is 4.74 Å². The monoisotopic (exact) mass is 436 g/mol. The van der Waals surface area contributed by atoms with Crippen LogP contribution in [-0.2, 0) is 11.3 Å². The van der Waals surface area contributed by atoms with Crippen molar-refractivity contribution in [2.24, 2.45) is 5.41 Å². The Morgan fingerprint density at radius 3 is 2.40 bits per heavy atom. The van der Waals surface area contributed by atoms with Crippen LogP contribution in [0.15, 0.2) is 52.4 Å². The van der Waals surface area contributed by atoms with Crippen LogP contribution in [0, 0.1) is 11.2 Å². The zero-order chi connectivity index (χ0) is 21.3. The van der Waals surface area contributed by atoms with E-state index in [1.807, 2.05) is 0 Å². The van der Waals surface area contributed by atoms with E-state index in [0.29, 0.717) is 5.56 Å². The molecule has 0 spiro atoms. The first kappa shape index (κ1) is 23.3. The molecule has 0 aliphatic carbocycles. The number of carbonyl (C=O) groups is 1. The molecule has 0 aliphatic heterocycles. The van der Waals surface area contributed by atoms with Gasteiger partial charge in [0.15, 0.2) is 17.0 Å². The van der Waals surface area contributed by atoms with Gasteiger partial charge in [-0.25, -0.2) is 4.39 Å². The van der Waals surface area contributed by atoms with Crippen molar-refractivity contribution in [1.29, 1.82) is 0 Å². The number of hydrogen-bond donors (Lipinski definition) is 1. The summed E-state index contributed by atoms with van der Waals surface area (Å²) < 4.78 is 20.7. The molecule has 0 radical (unpaired) electrons. The molecule has 3 aromatic rings. The number of Topliss-reactive ketones (excluding diaryl/α,β-unsaturated/α-hetero) is 1. The van der Waals surface area contributed by atoms with Gasteiger partial charge in [0, 0.05) is 25.7 Å². The number of benzene rings is 1. The molecule has 2 aromatic heterocycles. The number of fused-ring (bicyclic) bond motifs is 1. The highest BCUT2D eigenvalue weighted by molar-refractivity contribution is 6.00. The summed E-state index contributed by atoms with van der Waals surface area (Å²) in [7, 11) is 1.45. The first-order chi connectivity index (χ1) is 13.7. The van der Waals surface area contributed by atoms with Gasteiger partial charge in [0.2, 0.25) is 5.43 Å². The number of ether oxygens (including phenoxy) is 1. The highest BCUT2D eigenvalue weighted by Crippen LogP contribution is 2.22. The van der Waals surface area contributed by atoms with Crippen molar-refractivity contribution in [3.63, 3.8) is 0 Å². The topological polar surface area (TPSA) is 90.0 Å². The van der Waals surface area contributed by atoms with Gasteiger partial charge < -0.3 is 18.8 Å². The number of hydrogen-bond acceptors (Lipinski definition) is 5. The molecule has 9 heteroatoms. The Hall–Kier alpha value is -2.97. The van der Waals surface area contributed by atoms with Crippen LogP contribution >= 0.6 is 12.4 Å². The maximum atomic E-state index is 13.1. The molecule has 0 unspecified atom stereocenters. The lowest BCUT2D eigenvalue weighted by molar-refractivity contribution is 0.0629. The van der Waals surface area contributed by atoms with Crippen LogP contribution in [0.25, 0.3) is 5.52 Å². The fraction of sp³-hybridized carbons (Fsp3) is 0.286. The van der Waals surface area contributed by atoms with E-state index >= 15 is 0 Å². The lowest BCUT2D eigenvalue weighted by atomic mass is 9.85. The molecule has 0 bridgehead atoms. The number of pyridine rings is 1. The Balaban J connectivity index is 0.00000320. The highest BCUT2D eigenvalue weighted by atomic mass is 35.5. The normalized spacial score (nSPS) is 11.3. The summed E-state index contributed by atoms with van der Waals surface area (Å²) >= 11 is 0. The predicted molar refractivity (Wildman–Crippen MR) is 112 cm³/mol. The molecule has 0 atom stereocenters. The third-order valence-electron chi connectivity index (χ3n) is 4.71. The van der Waals surface area contributed by atoms with Crippen LogP contribution in [0.3, 0.4) is 0 Å². The smallest absolute Gasteiger partial charge is 0.279 e. The summed E-state index contributed by atoms with van der Waals surface area (Å²) in [4.78, 5) is 38.2. The van der Waals surface area contributed by atoms with Crippen LogP contribution in [0.4, 0.5) is 4.39 Å². The standard InChI is InChI=1S/C21H21FN2O5.ClH/c1-21(2,12-29-3)19(27)15-11-23-8-9-24(10-13-4-6-14(22)7-5-13)20(28)16(23)18(26)17(15)25;/h4-9,11,26H,10,12H2,1-3H3;1H. The molecule has 7 nitrogen and oxygen atoms in total. The van der Waals surface area contributed by atoms with Gasteiger partial charge in [-0.3, -0.25) is 14.4 Å². The van der Waals surface area contributed by atoms with Gasteiger partial charge in [-0.1, -0.05) is 26.0 Å². The number of ketones is 1. The van der Waals surface area contributed by atoms with Gasteiger partial charge in [0.1, 0.15) is 5.82 Å². The van der Waals surface area contributed by atoms with Gasteiger partial charge in [-0.05, 0) is 17.7 Å². The first-order valence-corrected chi connectivity index (χ1v) is 8.91. The Bertz CT molecular complexity index is 1200. The van der Waals surface area contributed by atoms with Crippen molar-refractivity contribution in [3.8, 4) is 5.75 Å². The molecular formula is C21H22ClFN2O5. The molecule has 30 heavy (non-hydrogen) atoms. The van der Waals surface area contributed by atoms with Gasteiger partial charge in [-0.15, -0.1) is 12.4 Å². The minimum atomic E-state index is -0.980. The molecule has 1 aromatic carbocycles. The number of aromatic hydroxyl groups is 1. The summed E-state index contributed by atoms with van der Waals surface area (Å²) in [6.07, 6.45) is 4.19. The number of nitrogens with zero attached hydrogens (tertiary/aromatic N) is 2. The van der Waals surface area contributed by atoms with Gasteiger partial charge in [0.25, 0.3) is 5.56 Å². The highest BCUT2D eigenvalue weighted by Gasteiger charge is 2.32. The molecule has 3 rings (SSSR count). The predicted octanol–water partition coefficient (Wildman–Crippen LogP) is 2.63. The summed E-state index contributed by atoms with van der Waals surface area (Å²) in [6.45, 7) is 3.48. The molecule has 0 fully saturated rings. The Morgan fingerprint density at radius 1 is 1.17 bits per heavy atom. The summed E-state index contributed by atoms with van der Waals surface area (Å²) in [6, 6.07) is 5.64. The molecule has 2 heterocycles. The van der Waals surface area contributed by atoms with Crippen LogP contribution in [0.1, 0.15) is 29.8 Å². The van der Waals surface area contributed by atoms with Gasteiger partial charge in [-0.2, -0.15) is 0 Å². The van der Waals surface area contributed by atoms with E-state index in [2.05, 4.69) is 0 Å². The lowest BCUT2D eigenvalue weighted by Crippen LogP contribution is -2.34. The molecule has 0 saturated carbocycles. The van der Waals surface area contributed by atoms with Crippen molar-refractivity contribution >= 4 is 23.7 Å². The fourth-order valence-corrected chi connectivity index (χ4v) is 3.17. The third kappa shape index (κ3) is 4.29. The minimum Gasteiger partial charge on any atom is -0.503 e. The van der Waals surface area contributed by atoms with E-state index < -0.39 is 33.8 Å². The van der Waals surface area contributed by atoms with Crippen molar-refractivity contribution in [3.05, 3.63) is 80.4 Å². The lowest BCUT2D eigenvalue weighted by Gasteiger charge is -2.22. The zero-order valence-electron chi connectivity index (χ0n) is 16.7. The minimum absolute atomic E-state index is 0. The number of methoxy groups -OCH3 is 1. The third-order valence-corrected chi connectivity index (χ3v) is 4.71. The Morgan fingerprint density at radius 2 is 1.80 bits per heavy atom. The number of carbonyl (C=O) groups excluding carboxylic acids is 1. The van der Waals surface area contributed by atoms with Gasteiger partial charge in [0.05, 0.1) is 24.1 Å². The molecular weight excluding hydrogens is 415 g/mol. The van der Waals surface area contributed by atoms with Crippen LogP contribution in [-0.4, -0.2) is 33.6 Å². The van der Waals surface area contributed by atoms with Crippen LogP contribution in [0.2, 0.25) is 0 Å². The quantitative estimate of drug-likeness (QED) is 0.600. The molecule has 0 aliphatic rings. The molecule has 0 amide bonds. The second kappa shape index (κ2) is 8.81. The molecule has 0 saturated heterocycles.